The first-order chi connectivity index (χ1) is 11.8. The maximum atomic E-state index is 12.6. The number of nitrogens with zero attached hydrogens (tertiary/aromatic N) is 3. The van der Waals surface area contributed by atoms with Crippen molar-refractivity contribution in [1.82, 2.24) is 14.8 Å². The Morgan fingerprint density at radius 2 is 1.92 bits per heavy atom. The molecule has 1 fully saturated rings. The lowest BCUT2D eigenvalue weighted by Gasteiger charge is -2.34. The Kier molecular flexibility index (Phi) is 5.25. The van der Waals surface area contributed by atoms with Crippen molar-refractivity contribution in [2.75, 3.05) is 26.2 Å². The number of aryl methyl sites for hydroxylation is 1. The van der Waals surface area contributed by atoms with Gasteiger partial charge in [0.2, 0.25) is 0 Å². The van der Waals surface area contributed by atoms with Gasteiger partial charge in [-0.3, -0.25) is 9.69 Å². The molecule has 1 aromatic carbocycles. The molecular weight excluding hydrogens is 330 g/mol. The molecule has 4 nitrogen and oxygen atoms in total. The summed E-state index contributed by atoms with van der Waals surface area (Å²) >= 11 is 1.75. The van der Waals surface area contributed by atoms with Gasteiger partial charge >= 0.3 is 0 Å². The van der Waals surface area contributed by atoms with Gasteiger partial charge in [-0.15, -0.1) is 11.3 Å². The van der Waals surface area contributed by atoms with Crippen molar-refractivity contribution in [3.05, 3.63) is 51.5 Å². The average Bonchev–Trinajstić information content (AvgIpc) is 3.04. The number of hydrogen-bond acceptors (Lipinski definition) is 4. The normalized spacial score (nSPS) is 16.2. The highest BCUT2D eigenvalue weighted by Gasteiger charge is 2.23. The number of rotatable bonds is 3. The lowest BCUT2D eigenvalue weighted by atomic mass is 9.98. The highest BCUT2D eigenvalue weighted by molar-refractivity contribution is 7.09. The van der Waals surface area contributed by atoms with E-state index in [0.29, 0.717) is 0 Å². The fraction of sp³-hybridized carbons (Fsp3) is 0.500. The van der Waals surface area contributed by atoms with E-state index in [0.717, 1.165) is 49.5 Å². The summed E-state index contributed by atoms with van der Waals surface area (Å²) < 4.78 is 0. The Bertz CT molecular complexity index is 739. The molecule has 1 saturated heterocycles. The lowest BCUT2D eigenvalue weighted by Crippen LogP contribution is -2.48. The Labute approximate surface area is 154 Å². The Morgan fingerprint density at radius 3 is 2.52 bits per heavy atom. The second-order valence-electron chi connectivity index (χ2n) is 7.83. The van der Waals surface area contributed by atoms with Crippen LogP contribution in [0.3, 0.4) is 0 Å². The summed E-state index contributed by atoms with van der Waals surface area (Å²) in [5, 5.41) is 3.36. The summed E-state index contributed by atoms with van der Waals surface area (Å²) in [6.07, 6.45) is 0. The minimum Gasteiger partial charge on any atom is -0.336 e. The van der Waals surface area contributed by atoms with E-state index in [1.54, 1.807) is 11.3 Å². The summed E-state index contributed by atoms with van der Waals surface area (Å²) in [4.78, 5) is 21.8. The van der Waals surface area contributed by atoms with Crippen molar-refractivity contribution in [2.24, 2.45) is 0 Å². The van der Waals surface area contributed by atoms with Gasteiger partial charge in [-0.1, -0.05) is 38.5 Å². The first-order valence-corrected chi connectivity index (χ1v) is 9.74. The van der Waals surface area contributed by atoms with Crippen molar-refractivity contribution in [2.45, 2.75) is 39.7 Å². The second kappa shape index (κ2) is 7.26. The predicted octanol–water partition coefficient (Wildman–Crippen LogP) is 3.71. The molecule has 134 valence electrons. The fourth-order valence-electron chi connectivity index (χ4n) is 3.02. The van der Waals surface area contributed by atoms with Gasteiger partial charge < -0.3 is 4.90 Å². The molecule has 5 heteroatoms. The van der Waals surface area contributed by atoms with Gasteiger partial charge in [0, 0.05) is 49.1 Å². The van der Waals surface area contributed by atoms with Crippen LogP contribution >= 0.6 is 11.3 Å². The highest BCUT2D eigenvalue weighted by Crippen LogP contribution is 2.26. The topological polar surface area (TPSA) is 36.4 Å². The number of hydrogen-bond donors (Lipinski definition) is 0. The van der Waals surface area contributed by atoms with Gasteiger partial charge in [0.25, 0.3) is 5.91 Å². The molecule has 3 rings (SSSR count). The molecule has 1 aliphatic rings. The zero-order valence-corrected chi connectivity index (χ0v) is 16.4. The van der Waals surface area contributed by atoms with Crippen LogP contribution in [0.15, 0.2) is 29.6 Å². The van der Waals surface area contributed by atoms with E-state index in [-0.39, 0.29) is 11.3 Å². The van der Waals surface area contributed by atoms with E-state index in [9.17, 15) is 4.79 Å². The molecule has 0 saturated carbocycles. The number of benzene rings is 1. The molecule has 0 atom stereocenters. The van der Waals surface area contributed by atoms with Crippen molar-refractivity contribution in [3.63, 3.8) is 0 Å². The molecule has 0 unspecified atom stereocenters. The summed E-state index contributed by atoms with van der Waals surface area (Å²) in [5.74, 6) is 0.145. The van der Waals surface area contributed by atoms with Crippen LogP contribution in [0.4, 0.5) is 0 Å². The van der Waals surface area contributed by atoms with Crippen LogP contribution in [-0.4, -0.2) is 46.9 Å². The van der Waals surface area contributed by atoms with Gasteiger partial charge in [-0.05, 0) is 19.1 Å². The van der Waals surface area contributed by atoms with Gasteiger partial charge in [-0.25, -0.2) is 4.98 Å². The summed E-state index contributed by atoms with van der Waals surface area (Å²) in [6, 6.07) is 7.85. The minimum absolute atomic E-state index is 0.113. The van der Waals surface area contributed by atoms with E-state index < -0.39 is 0 Å². The number of aromatic nitrogens is 1. The maximum Gasteiger partial charge on any atom is 0.253 e. The quantitative estimate of drug-likeness (QED) is 0.840. The first kappa shape index (κ1) is 18.1. The number of carbonyl (C=O) groups excluding carboxylic acids is 1. The Hall–Kier alpha value is -1.72. The van der Waals surface area contributed by atoms with Gasteiger partial charge in [0.1, 0.15) is 0 Å². The third kappa shape index (κ3) is 4.47. The second-order valence-corrected chi connectivity index (χ2v) is 8.69. The number of thiazole rings is 1. The largest absolute Gasteiger partial charge is 0.336 e. The average molecular weight is 358 g/mol. The third-order valence-corrected chi connectivity index (χ3v) is 5.82. The van der Waals surface area contributed by atoms with Crippen molar-refractivity contribution in [1.29, 1.82) is 0 Å². The number of carbonyl (C=O) groups is 1. The summed E-state index contributed by atoms with van der Waals surface area (Å²) in [5.41, 5.74) is 3.18. The van der Waals surface area contributed by atoms with E-state index in [2.05, 4.69) is 31.1 Å². The first-order valence-electron chi connectivity index (χ1n) is 8.86. The number of amides is 1. The SMILES string of the molecule is Cc1cccc(C(=O)N2CCN(Cc3csc(C(C)(C)C)n3)CC2)c1. The summed E-state index contributed by atoms with van der Waals surface area (Å²) in [6.45, 7) is 12.9. The van der Waals surface area contributed by atoms with Gasteiger partial charge in [-0.2, -0.15) is 0 Å². The van der Waals surface area contributed by atoms with E-state index in [4.69, 9.17) is 4.98 Å². The van der Waals surface area contributed by atoms with Crippen LogP contribution in [0.1, 0.15) is 47.4 Å². The monoisotopic (exact) mass is 357 g/mol. The molecule has 0 spiro atoms. The third-order valence-electron chi connectivity index (χ3n) is 4.50. The standard InChI is InChI=1S/C20H27N3OS/c1-15-6-5-7-16(12-15)18(24)23-10-8-22(9-11-23)13-17-14-25-19(21-17)20(2,3)4/h5-7,12,14H,8-11,13H2,1-4H3. The Balaban J connectivity index is 1.55. The van der Waals surface area contributed by atoms with Crippen molar-refractivity contribution < 1.29 is 4.79 Å². The molecule has 0 N–H and O–H groups in total. The Morgan fingerprint density at radius 1 is 1.20 bits per heavy atom. The lowest BCUT2D eigenvalue weighted by molar-refractivity contribution is 0.0627. The molecule has 0 bridgehead atoms. The molecular formula is C20H27N3OS. The van der Waals surface area contributed by atoms with Gasteiger partial charge in [0.15, 0.2) is 0 Å². The van der Waals surface area contributed by atoms with Crippen LogP contribution < -0.4 is 0 Å². The van der Waals surface area contributed by atoms with Crippen molar-refractivity contribution >= 4 is 17.2 Å². The molecule has 1 aliphatic heterocycles. The smallest absolute Gasteiger partial charge is 0.253 e. The van der Waals surface area contributed by atoms with Crippen molar-refractivity contribution in [3.8, 4) is 0 Å². The fourth-order valence-corrected chi connectivity index (χ4v) is 3.92. The molecule has 2 heterocycles. The predicted molar refractivity (Wildman–Crippen MR) is 103 cm³/mol. The van der Waals surface area contributed by atoms with Crippen LogP contribution in [-0.2, 0) is 12.0 Å². The highest BCUT2D eigenvalue weighted by atomic mass is 32.1. The molecule has 2 aromatic rings. The van der Waals surface area contributed by atoms with Crippen LogP contribution in [0, 0.1) is 6.92 Å². The number of piperazine rings is 1. The zero-order valence-electron chi connectivity index (χ0n) is 15.6. The maximum absolute atomic E-state index is 12.6. The zero-order chi connectivity index (χ0) is 18.0. The van der Waals surface area contributed by atoms with Gasteiger partial charge in [0.05, 0.1) is 10.7 Å². The molecule has 1 amide bonds. The minimum atomic E-state index is 0.113. The molecule has 0 radical (unpaired) electrons. The molecule has 1 aromatic heterocycles. The van der Waals surface area contributed by atoms with Crippen LogP contribution in [0.5, 0.6) is 0 Å². The van der Waals surface area contributed by atoms with E-state index >= 15 is 0 Å². The van der Waals surface area contributed by atoms with E-state index in [1.807, 2.05) is 36.1 Å². The summed E-state index contributed by atoms with van der Waals surface area (Å²) in [7, 11) is 0. The van der Waals surface area contributed by atoms with Crippen LogP contribution in [0.2, 0.25) is 0 Å². The van der Waals surface area contributed by atoms with Crippen LogP contribution in [0.25, 0.3) is 0 Å². The molecule has 25 heavy (non-hydrogen) atoms. The van der Waals surface area contributed by atoms with E-state index in [1.165, 1.54) is 5.01 Å². The molecule has 0 aliphatic carbocycles.